The van der Waals surface area contributed by atoms with Crippen LogP contribution < -0.4 is 11.0 Å². The summed E-state index contributed by atoms with van der Waals surface area (Å²) in [5.41, 5.74) is 2.13. The van der Waals surface area contributed by atoms with Crippen molar-refractivity contribution in [2.24, 2.45) is 0 Å². The molecule has 1 N–H and O–H groups in total. The van der Waals surface area contributed by atoms with Crippen molar-refractivity contribution in [2.75, 3.05) is 19.6 Å². The van der Waals surface area contributed by atoms with Crippen LogP contribution in [0.2, 0.25) is 5.02 Å². The van der Waals surface area contributed by atoms with Gasteiger partial charge < -0.3 is 10.2 Å². The van der Waals surface area contributed by atoms with Crippen molar-refractivity contribution in [1.82, 2.24) is 24.6 Å². The third kappa shape index (κ3) is 5.72. The summed E-state index contributed by atoms with van der Waals surface area (Å²) in [5.74, 6) is 0.168. The number of nitrogens with zero attached hydrogens (tertiary/aromatic N) is 4. The molecule has 1 aromatic heterocycles. The Morgan fingerprint density at radius 1 is 1.09 bits per heavy atom. The molecule has 2 aromatic carbocycles. The van der Waals surface area contributed by atoms with E-state index in [1.165, 1.54) is 40.7 Å². The van der Waals surface area contributed by atoms with Gasteiger partial charge in [-0.15, -0.1) is 5.10 Å². The van der Waals surface area contributed by atoms with E-state index in [1.807, 2.05) is 38.1 Å². The predicted octanol–water partition coefficient (Wildman–Crippen LogP) is 3.38. The number of amides is 1. The Hall–Kier alpha value is -2.90. The van der Waals surface area contributed by atoms with Crippen LogP contribution in [0.4, 0.5) is 0 Å². The van der Waals surface area contributed by atoms with Crippen LogP contribution >= 0.6 is 11.6 Å². The lowest BCUT2D eigenvalue weighted by Gasteiger charge is -2.14. The molecule has 8 heteroatoms. The van der Waals surface area contributed by atoms with Crippen LogP contribution in [0.3, 0.4) is 0 Å². The molecule has 0 bridgehead atoms. The van der Waals surface area contributed by atoms with E-state index in [9.17, 15) is 9.59 Å². The minimum atomic E-state index is -0.338. The van der Waals surface area contributed by atoms with Crippen LogP contribution in [0.5, 0.6) is 0 Å². The molecule has 0 unspecified atom stereocenters. The second kappa shape index (κ2) is 10.4. The molecule has 3 aromatic rings. The molecule has 0 saturated carbocycles. The molecule has 0 aliphatic carbocycles. The summed E-state index contributed by atoms with van der Waals surface area (Å²) in [5, 5.41) is 7.89. The molecule has 2 heterocycles. The lowest BCUT2D eigenvalue weighted by atomic mass is 10.1. The molecular weight excluding hydrogens is 438 g/mol. The summed E-state index contributed by atoms with van der Waals surface area (Å²) in [6.07, 6.45) is 3.54. The quantitative estimate of drug-likeness (QED) is 0.551. The van der Waals surface area contributed by atoms with Gasteiger partial charge in [0.25, 0.3) is 0 Å². The van der Waals surface area contributed by atoms with E-state index >= 15 is 0 Å². The van der Waals surface area contributed by atoms with Gasteiger partial charge in [0.05, 0.1) is 17.8 Å². The number of hydrogen-bond acceptors (Lipinski definition) is 4. The monoisotopic (exact) mass is 467 g/mol. The van der Waals surface area contributed by atoms with Gasteiger partial charge in [-0.3, -0.25) is 4.79 Å². The summed E-state index contributed by atoms with van der Waals surface area (Å²) in [7, 11) is 0. The minimum Gasteiger partial charge on any atom is -0.354 e. The summed E-state index contributed by atoms with van der Waals surface area (Å²) in [6, 6.07) is 14.9. The van der Waals surface area contributed by atoms with Crippen molar-refractivity contribution in [2.45, 2.75) is 45.6 Å². The van der Waals surface area contributed by atoms with Crippen molar-refractivity contribution in [1.29, 1.82) is 0 Å². The Kier molecular flexibility index (Phi) is 7.30. The van der Waals surface area contributed by atoms with Crippen molar-refractivity contribution in [3.8, 4) is 11.4 Å². The second-order valence-electron chi connectivity index (χ2n) is 8.79. The van der Waals surface area contributed by atoms with E-state index in [1.54, 1.807) is 24.3 Å². The first kappa shape index (κ1) is 23.3. The maximum absolute atomic E-state index is 13.4. The van der Waals surface area contributed by atoms with Crippen molar-refractivity contribution >= 4 is 17.5 Å². The molecule has 1 fully saturated rings. The van der Waals surface area contributed by atoms with Crippen LogP contribution in [-0.4, -0.2) is 50.8 Å². The first-order valence-corrected chi connectivity index (χ1v) is 11.9. The first-order valence-electron chi connectivity index (χ1n) is 11.5. The number of halogens is 1. The topological polar surface area (TPSA) is 72.2 Å². The lowest BCUT2D eigenvalue weighted by Crippen LogP contribution is -2.32. The largest absolute Gasteiger partial charge is 0.355 e. The second-order valence-corrected chi connectivity index (χ2v) is 9.23. The van der Waals surface area contributed by atoms with Gasteiger partial charge in [0, 0.05) is 17.6 Å². The molecule has 0 spiro atoms. The summed E-state index contributed by atoms with van der Waals surface area (Å²) < 4.78 is 2.80. The summed E-state index contributed by atoms with van der Waals surface area (Å²) in [6.45, 7) is 7.21. The smallest absolute Gasteiger partial charge is 0.354 e. The Morgan fingerprint density at radius 2 is 1.82 bits per heavy atom. The molecule has 174 valence electrons. The van der Waals surface area contributed by atoms with Crippen molar-refractivity contribution in [3.05, 3.63) is 75.4 Å². The number of hydrogen-bond donors (Lipinski definition) is 1. The Bertz CT molecular complexity index is 1160. The number of rotatable bonds is 8. The van der Waals surface area contributed by atoms with Crippen LogP contribution in [0.1, 0.15) is 38.1 Å². The van der Waals surface area contributed by atoms with Crippen LogP contribution in [0.25, 0.3) is 11.4 Å². The Balaban J connectivity index is 1.63. The molecule has 0 atom stereocenters. The zero-order valence-electron chi connectivity index (χ0n) is 19.1. The van der Waals surface area contributed by atoms with Gasteiger partial charge in [-0.25, -0.2) is 9.36 Å². The molecule has 33 heavy (non-hydrogen) atoms. The number of carbonyl (C=O) groups is 1. The normalized spacial score (nSPS) is 14.2. The number of aromatic nitrogens is 3. The summed E-state index contributed by atoms with van der Waals surface area (Å²) >= 11 is 6.17. The molecule has 1 amide bonds. The Labute approximate surface area is 199 Å². The minimum absolute atomic E-state index is 0.000897. The average Bonchev–Trinajstić information content (AvgIpc) is 3.40. The SMILES string of the molecule is CC(C)NC(=O)Cc1nn(-c2ccc(CCN3CCCC3)cc2)c(=O)n1-c1cccc(Cl)c1. The fourth-order valence-corrected chi connectivity index (χ4v) is 4.36. The molecule has 1 saturated heterocycles. The standard InChI is InChI=1S/C25H30ClN5O2/c1-18(2)27-24(32)17-23-28-31(25(33)30(23)22-7-5-6-20(26)16-22)21-10-8-19(9-11-21)12-15-29-13-3-4-14-29/h5-11,16,18H,3-4,12-15,17H2,1-2H3,(H,27,32). The third-order valence-corrected chi connectivity index (χ3v) is 6.01. The van der Waals surface area contributed by atoms with Gasteiger partial charge in [-0.05, 0) is 82.1 Å². The number of likely N-dealkylation sites (tertiary alicyclic amines) is 1. The first-order chi connectivity index (χ1) is 15.9. The Morgan fingerprint density at radius 3 is 2.48 bits per heavy atom. The van der Waals surface area contributed by atoms with Gasteiger partial charge in [0.2, 0.25) is 5.91 Å². The molecule has 0 radical (unpaired) electrons. The maximum atomic E-state index is 13.4. The van der Waals surface area contributed by atoms with Crippen LogP contribution in [-0.2, 0) is 17.6 Å². The zero-order chi connectivity index (χ0) is 23.4. The van der Waals surface area contributed by atoms with E-state index in [0.29, 0.717) is 22.2 Å². The van der Waals surface area contributed by atoms with Gasteiger partial charge in [-0.1, -0.05) is 29.8 Å². The summed E-state index contributed by atoms with van der Waals surface area (Å²) in [4.78, 5) is 28.3. The number of benzene rings is 2. The van der Waals surface area contributed by atoms with E-state index < -0.39 is 0 Å². The molecular formula is C25H30ClN5O2. The van der Waals surface area contributed by atoms with Crippen molar-refractivity contribution < 1.29 is 4.79 Å². The van der Waals surface area contributed by atoms with Gasteiger partial charge in [0.15, 0.2) is 0 Å². The van der Waals surface area contributed by atoms with Gasteiger partial charge in [0.1, 0.15) is 5.82 Å². The average molecular weight is 468 g/mol. The predicted molar refractivity (Wildman–Crippen MR) is 131 cm³/mol. The highest BCUT2D eigenvalue weighted by Gasteiger charge is 2.19. The molecule has 1 aliphatic rings. The van der Waals surface area contributed by atoms with Crippen LogP contribution in [0, 0.1) is 0 Å². The highest BCUT2D eigenvalue weighted by atomic mass is 35.5. The zero-order valence-corrected chi connectivity index (χ0v) is 19.9. The van der Waals surface area contributed by atoms with Crippen molar-refractivity contribution in [3.63, 3.8) is 0 Å². The molecule has 1 aliphatic heterocycles. The highest BCUT2D eigenvalue weighted by Crippen LogP contribution is 2.17. The third-order valence-electron chi connectivity index (χ3n) is 5.78. The molecule has 4 rings (SSSR count). The van der Waals surface area contributed by atoms with E-state index in [2.05, 4.69) is 15.3 Å². The van der Waals surface area contributed by atoms with E-state index in [-0.39, 0.29) is 24.1 Å². The fraction of sp³-hybridized carbons (Fsp3) is 0.400. The van der Waals surface area contributed by atoms with E-state index in [0.717, 1.165) is 13.0 Å². The molecule has 7 nitrogen and oxygen atoms in total. The highest BCUT2D eigenvalue weighted by molar-refractivity contribution is 6.30. The fourth-order valence-electron chi connectivity index (χ4n) is 4.18. The number of carbonyl (C=O) groups excluding carboxylic acids is 1. The number of nitrogens with one attached hydrogen (secondary N) is 1. The lowest BCUT2D eigenvalue weighted by molar-refractivity contribution is -0.121. The van der Waals surface area contributed by atoms with E-state index in [4.69, 9.17) is 11.6 Å². The van der Waals surface area contributed by atoms with Crippen LogP contribution in [0.15, 0.2) is 53.3 Å². The van der Waals surface area contributed by atoms with Gasteiger partial charge in [-0.2, -0.15) is 4.68 Å². The maximum Gasteiger partial charge on any atom is 0.355 e. The van der Waals surface area contributed by atoms with Gasteiger partial charge >= 0.3 is 5.69 Å².